The summed E-state index contributed by atoms with van der Waals surface area (Å²) in [7, 11) is 1.00. The number of aliphatic hydroxyl groups is 2. The highest BCUT2D eigenvalue weighted by atomic mass is 19.1. The molecule has 2 heterocycles. The second-order valence-corrected chi connectivity index (χ2v) is 8.03. The molecule has 9 heteroatoms. The van der Waals surface area contributed by atoms with Gasteiger partial charge >= 0.3 is 5.69 Å². The molecule has 0 saturated carbocycles. The number of aliphatic hydroxyl groups excluding tert-OH is 2. The highest BCUT2D eigenvalue weighted by Crippen LogP contribution is 2.36. The van der Waals surface area contributed by atoms with Gasteiger partial charge in [0.05, 0.1) is 5.69 Å². The molecule has 0 aliphatic carbocycles. The molecule has 2 aromatic carbocycles. The maximum absolute atomic E-state index is 13.8. The molecule has 1 aliphatic heterocycles. The Morgan fingerprint density at radius 3 is 2.42 bits per heavy atom. The fourth-order valence-corrected chi connectivity index (χ4v) is 4.18. The van der Waals surface area contributed by atoms with Crippen LogP contribution in [0.3, 0.4) is 0 Å². The number of hydrogen-bond donors (Lipinski definition) is 2. The van der Waals surface area contributed by atoms with E-state index in [9.17, 15) is 19.1 Å². The summed E-state index contributed by atoms with van der Waals surface area (Å²) in [6.45, 7) is 6.43. The predicted molar refractivity (Wildman–Crippen MR) is 123 cm³/mol. The Morgan fingerprint density at radius 1 is 1.12 bits per heavy atom. The van der Waals surface area contributed by atoms with Crippen LogP contribution in [-0.4, -0.2) is 44.1 Å². The minimum absolute atomic E-state index is 0.00260. The Morgan fingerprint density at radius 2 is 1.85 bits per heavy atom. The largest absolute Gasteiger partial charge is 0.400 e. The number of fused-ring (bicyclic) bond motifs is 1. The van der Waals surface area contributed by atoms with E-state index in [-0.39, 0.29) is 30.0 Å². The summed E-state index contributed by atoms with van der Waals surface area (Å²) in [5, 5.41) is 20.8. The highest BCUT2D eigenvalue weighted by Gasteiger charge is 2.34. The summed E-state index contributed by atoms with van der Waals surface area (Å²) in [6, 6.07) is 11.2. The Bertz CT molecular complexity index is 1200. The Hall–Kier alpha value is -3.30. The molecule has 1 aliphatic rings. The van der Waals surface area contributed by atoms with Crippen LogP contribution in [0.15, 0.2) is 47.3 Å². The minimum Gasteiger partial charge on any atom is -0.400 e. The van der Waals surface area contributed by atoms with Gasteiger partial charge in [-0.25, -0.2) is 9.18 Å². The Kier molecular flexibility index (Phi) is 7.45. The Labute approximate surface area is 191 Å². The van der Waals surface area contributed by atoms with E-state index < -0.39 is 5.82 Å². The number of hydrogen-bond acceptors (Lipinski definition) is 5. The van der Waals surface area contributed by atoms with Crippen molar-refractivity contribution in [1.29, 1.82) is 0 Å². The second kappa shape index (κ2) is 10.1. The zero-order valence-corrected chi connectivity index (χ0v) is 19.2. The fraction of sp³-hybridized carbons (Fsp3) is 0.375. The van der Waals surface area contributed by atoms with Crippen molar-refractivity contribution in [2.24, 2.45) is 5.92 Å². The lowest BCUT2D eigenvalue weighted by molar-refractivity contribution is 0.0973. The molecule has 3 aromatic rings. The molecule has 0 radical (unpaired) electrons. The van der Waals surface area contributed by atoms with Gasteiger partial charge in [-0.05, 0) is 54.8 Å². The molecule has 1 amide bonds. The molecule has 33 heavy (non-hydrogen) atoms. The van der Waals surface area contributed by atoms with Crippen molar-refractivity contribution in [2.75, 3.05) is 18.6 Å². The van der Waals surface area contributed by atoms with E-state index in [4.69, 9.17) is 5.11 Å². The monoisotopic (exact) mass is 456 g/mol. The van der Waals surface area contributed by atoms with Gasteiger partial charge in [0.1, 0.15) is 12.4 Å². The summed E-state index contributed by atoms with van der Waals surface area (Å²) >= 11 is 0. The summed E-state index contributed by atoms with van der Waals surface area (Å²) in [4.78, 5) is 27.6. The molecular weight excluding hydrogens is 427 g/mol. The van der Waals surface area contributed by atoms with Crippen molar-refractivity contribution in [3.05, 3.63) is 75.7 Å². The number of aromatic nitrogens is 3. The number of carbonyl (C=O) groups is 1. The fourth-order valence-electron chi connectivity index (χ4n) is 4.18. The number of amides is 1. The topological polar surface area (TPSA) is 101 Å². The van der Waals surface area contributed by atoms with E-state index in [0.717, 1.165) is 12.7 Å². The minimum atomic E-state index is -0.391. The van der Waals surface area contributed by atoms with E-state index in [1.54, 1.807) is 29.2 Å². The van der Waals surface area contributed by atoms with E-state index in [1.165, 1.54) is 21.4 Å². The van der Waals surface area contributed by atoms with Crippen LogP contribution < -0.4 is 10.6 Å². The van der Waals surface area contributed by atoms with Gasteiger partial charge in [-0.2, -0.15) is 4.68 Å². The molecule has 0 bridgehead atoms. The zero-order valence-electron chi connectivity index (χ0n) is 19.2. The van der Waals surface area contributed by atoms with Crippen LogP contribution in [-0.2, 0) is 13.2 Å². The van der Waals surface area contributed by atoms with Gasteiger partial charge in [-0.1, -0.05) is 19.9 Å². The Balaban J connectivity index is 0.00000149. The summed E-state index contributed by atoms with van der Waals surface area (Å²) in [5.74, 6) is -0.100. The number of rotatable bonds is 5. The highest BCUT2D eigenvalue weighted by molar-refractivity contribution is 6.08. The molecule has 1 atom stereocenters. The maximum atomic E-state index is 13.8. The maximum Gasteiger partial charge on any atom is 0.350 e. The average Bonchev–Trinajstić information content (AvgIpc) is 3.15. The number of anilines is 1. The molecule has 0 saturated heterocycles. The SMILES string of the molecule is CCn1c(CO)nn(-c2ccc3c(c2)C(C(C)C)CN(c2cccc(F)c2)C3=O)c1=O.CO. The van der Waals surface area contributed by atoms with Crippen molar-refractivity contribution >= 4 is 11.6 Å². The quantitative estimate of drug-likeness (QED) is 0.615. The van der Waals surface area contributed by atoms with Crippen LogP contribution in [0, 0.1) is 11.7 Å². The van der Waals surface area contributed by atoms with Crippen LogP contribution in [0.4, 0.5) is 10.1 Å². The first-order valence-electron chi connectivity index (χ1n) is 10.8. The van der Waals surface area contributed by atoms with E-state index in [1.807, 2.05) is 13.0 Å². The zero-order chi connectivity index (χ0) is 24.3. The normalized spacial score (nSPS) is 15.3. The first-order valence-corrected chi connectivity index (χ1v) is 10.8. The van der Waals surface area contributed by atoms with Crippen molar-refractivity contribution in [1.82, 2.24) is 14.3 Å². The lowest BCUT2D eigenvalue weighted by atomic mass is 9.81. The van der Waals surface area contributed by atoms with Gasteiger partial charge in [-0.3, -0.25) is 9.36 Å². The summed E-state index contributed by atoms with van der Waals surface area (Å²) in [6.07, 6.45) is 0. The van der Waals surface area contributed by atoms with Crippen LogP contribution in [0.1, 0.15) is 48.4 Å². The molecule has 4 rings (SSSR count). The second-order valence-electron chi connectivity index (χ2n) is 8.03. The number of benzene rings is 2. The standard InChI is InChI=1S/C23H25FN4O3.CH4O/c1-4-26-21(13-29)25-28(23(26)31)17-8-9-18-19(11-17)20(14(2)3)12-27(22(18)30)16-7-5-6-15(24)10-16;1-2/h5-11,14,20,29H,4,12-13H2,1-3H3;2H,1H3. The van der Waals surface area contributed by atoms with Gasteiger partial charge in [0.25, 0.3) is 5.91 Å². The molecule has 0 fully saturated rings. The van der Waals surface area contributed by atoms with Crippen molar-refractivity contribution in [3.63, 3.8) is 0 Å². The third kappa shape index (κ3) is 4.46. The predicted octanol–water partition coefficient (Wildman–Crippen LogP) is 2.69. The lowest BCUT2D eigenvalue weighted by Gasteiger charge is -2.36. The van der Waals surface area contributed by atoms with Gasteiger partial charge in [0, 0.05) is 37.4 Å². The van der Waals surface area contributed by atoms with E-state index in [2.05, 4.69) is 18.9 Å². The van der Waals surface area contributed by atoms with Crippen LogP contribution >= 0.6 is 0 Å². The van der Waals surface area contributed by atoms with Crippen molar-refractivity contribution in [2.45, 2.75) is 39.8 Å². The molecule has 176 valence electrons. The lowest BCUT2D eigenvalue weighted by Crippen LogP contribution is -2.41. The van der Waals surface area contributed by atoms with Crippen LogP contribution in [0.5, 0.6) is 0 Å². The van der Waals surface area contributed by atoms with E-state index in [0.29, 0.717) is 35.9 Å². The molecule has 1 aromatic heterocycles. The molecule has 2 N–H and O–H groups in total. The smallest absolute Gasteiger partial charge is 0.350 e. The van der Waals surface area contributed by atoms with Gasteiger partial charge in [-0.15, -0.1) is 5.10 Å². The number of carbonyl (C=O) groups excluding carboxylic acids is 1. The van der Waals surface area contributed by atoms with Crippen molar-refractivity contribution in [3.8, 4) is 5.69 Å². The molecule has 8 nitrogen and oxygen atoms in total. The number of nitrogens with zero attached hydrogens (tertiary/aromatic N) is 4. The van der Waals surface area contributed by atoms with Gasteiger partial charge in [0.2, 0.25) is 0 Å². The number of halogens is 1. The molecule has 0 spiro atoms. The first kappa shape index (κ1) is 24.3. The molecule has 1 unspecified atom stereocenters. The van der Waals surface area contributed by atoms with Crippen LogP contribution in [0.2, 0.25) is 0 Å². The van der Waals surface area contributed by atoms with E-state index >= 15 is 0 Å². The summed E-state index contributed by atoms with van der Waals surface area (Å²) < 4.78 is 16.4. The third-order valence-corrected chi connectivity index (χ3v) is 5.86. The first-order chi connectivity index (χ1) is 15.8. The van der Waals surface area contributed by atoms with Gasteiger partial charge < -0.3 is 15.1 Å². The molecular formula is C24H29FN4O4. The summed E-state index contributed by atoms with van der Waals surface area (Å²) in [5.41, 5.74) is 2.10. The van der Waals surface area contributed by atoms with Crippen molar-refractivity contribution < 1.29 is 19.4 Å². The third-order valence-electron chi connectivity index (χ3n) is 5.86. The average molecular weight is 457 g/mol. The van der Waals surface area contributed by atoms with Gasteiger partial charge in [0.15, 0.2) is 5.82 Å². The van der Waals surface area contributed by atoms with Crippen LogP contribution in [0.25, 0.3) is 5.69 Å².